The van der Waals surface area contributed by atoms with Crippen LogP contribution in [0.1, 0.15) is 79.0 Å². The van der Waals surface area contributed by atoms with Crippen molar-refractivity contribution in [2.75, 3.05) is 20.8 Å². The molecule has 1 atom stereocenters. The molecule has 1 unspecified atom stereocenters. The first-order valence-corrected chi connectivity index (χ1v) is 13.2. The molecular weight excluding hydrogens is 436 g/mol. The Morgan fingerprint density at radius 2 is 1.94 bits per heavy atom. The lowest BCUT2D eigenvalue weighted by Crippen LogP contribution is -2.39. The number of hydrogen-bond acceptors (Lipinski definition) is 4. The SMILES string of the molecule is CC(C)NC=O.COc1ccc2c(c1OC)CN1CCc3cc(C)c(CCC4CCC4)cc3C1C2. The lowest BCUT2D eigenvalue weighted by Gasteiger charge is -2.42. The van der Waals surface area contributed by atoms with Gasteiger partial charge in [-0.3, -0.25) is 9.69 Å². The van der Waals surface area contributed by atoms with E-state index in [9.17, 15) is 4.79 Å². The molecule has 1 aliphatic carbocycles. The number of carbonyl (C=O) groups excluding carboxylic acids is 1. The van der Waals surface area contributed by atoms with Crippen LogP contribution in [0.2, 0.25) is 0 Å². The van der Waals surface area contributed by atoms with E-state index >= 15 is 0 Å². The number of nitrogens with one attached hydrogen (secondary N) is 1. The lowest BCUT2D eigenvalue weighted by atomic mass is 9.79. The van der Waals surface area contributed by atoms with Crippen molar-refractivity contribution in [3.8, 4) is 11.5 Å². The third-order valence-corrected chi connectivity index (χ3v) is 8.03. The van der Waals surface area contributed by atoms with E-state index in [1.807, 2.05) is 13.8 Å². The number of methoxy groups -OCH3 is 2. The van der Waals surface area contributed by atoms with Crippen LogP contribution < -0.4 is 14.8 Å². The van der Waals surface area contributed by atoms with Gasteiger partial charge in [0, 0.05) is 30.7 Å². The molecule has 190 valence electrons. The van der Waals surface area contributed by atoms with Crippen molar-refractivity contribution in [3.05, 3.63) is 57.6 Å². The van der Waals surface area contributed by atoms with E-state index in [1.165, 1.54) is 48.8 Å². The maximum absolute atomic E-state index is 9.50. The van der Waals surface area contributed by atoms with Gasteiger partial charge in [0.1, 0.15) is 0 Å². The summed E-state index contributed by atoms with van der Waals surface area (Å²) in [6, 6.07) is 10.1. The molecule has 1 amide bonds. The topological polar surface area (TPSA) is 50.8 Å². The molecule has 1 saturated carbocycles. The van der Waals surface area contributed by atoms with Gasteiger partial charge in [0.15, 0.2) is 11.5 Å². The lowest BCUT2D eigenvalue weighted by molar-refractivity contribution is -0.109. The van der Waals surface area contributed by atoms with Crippen LogP contribution in [0.4, 0.5) is 0 Å². The Morgan fingerprint density at radius 3 is 2.54 bits per heavy atom. The van der Waals surface area contributed by atoms with Crippen LogP contribution in [0.25, 0.3) is 0 Å². The van der Waals surface area contributed by atoms with Gasteiger partial charge in [-0.2, -0.15) is 0 Å². The van der Waals surface area contributed by atoms with E-state index in [0.29, 0.717) is 12.5 Å². The highest BCUT2D eigenvalue weighted by atomic mass is 16.5. The summed E-state index contributed by atoms with van der Waals surface area (Å²) in [5.74, 6) is 2.74. The normalized spacial score (nSPS) is 18.9. The van der Waals surface area contributed by atoms with E-state index in [-0.39, 0.29) is 6.04 Å². The second-order valence-electron chi connectivity index (χ2n) is 10.6. The van der Waals surface area contributed by atoms with E-state index in [2.05, 4.69) is 41.4 Å². The third-order valence-electron chi connectivity index (χ3n) is 8.03. The summed E-state index contributed by atoms with van der Waals surface area (Å²) in [5, 5.41) is 2.53. The third kappa shape index (κ3) is 5.66. The van der Waals surface area contributed by atoms with Gasteiger partial charge in [-0.25, -0.2) is 0 Å². The molecule has 1 fully saturated rings. The molecule has 0 bridgehead atoms. The van der Waals surface area contributed by atoms with Gasteiger partial charge >= 0.3 is 0 Å². The predicted octanol–water partition coefficient (Wildman–Crippen LogP) is 5.54. The van der Waals surface area contributed by atoms with Crippen molar-refractivity contribution in [3.63, 3.8) is 0 Å². The van der Waals surface area contributed by atoms with Gasteiger partial charge in [-0.15, -0.1) is 0 Å². The van der Waals surface area contributed by atoms with Crippen LogP contribution in [-0.4, -0.2) is 38.1 Å². The molecule has 3 aliphatic rings. The van der Waals surface area contributed by atoms with Gasteiger partial charge in [0.05, 0.1) is 14.2 Å². The fourth-order valence-corrected chi connectivity index (χ4v) is 5.76. The Morgan fingerprint density at radius 1 is 1.14 bits per heavy atom. The minimum absolute atomic E-state index is 0.280. The molecule has 0 spiro atoms. The standard InChI is InChI=1S/C26H33NO2.C4H9NO/c1-17-13-21-11-12-27-16-23-20(9-10-25(28-2)26(23)29-3)15-24(27)22(21)14-19(17)8-7-18-5-4-6-18;1-4(2)5-3-6/h9-10,13-14,18,24H,4-8,11-12,15-16H2,1-3H3;3-4H,1-2H3,(H,5,6). The Balaban J connectivity index is 0.000000431. The van der Waals surface area contributed by atoms with E-state index in [1.54, 1.807) is 30.9 Å². The van der Waals surface area contributed by atoms with Crippen molar-refractivity contribution < 1.29 is 14.3 Å². The number of aryl methyl sites for hydroxylation is 2. The Hall–Kier alpha value is -2.53. The molecule has 5 heteroatoms. The smallest absolute Gasteiger partial charge is 0.207 e. The molecule has 1 N–H and O–H groups in total. The Kier molecular flexibility index (Phi) is 8.38. The quantitative estimate of drug-likeness (QED) is 0.531. The molecule has 5 nitrogen and oxygen atoms in total. The zero-order valence-electron chi connectivity index (χ0n) is 22.2. The second kappa shape index (κ2) is 11.5. The number of ether oxygens (including phenoxy) is 2. The molecule has 0 saturated heterocycles. The van der Waals surface area contributed by atoms with Crippen molar-refractivity contribution in [2.24, 2.45) is 5.92 Å². The van der Waals surface area contributed by atoms with E-state index < -0.39 is 0 Å². The predicted molar refractivity (Wildman–Crippen MR) is 141 cm³/mol. The molecule has 35 heavy (non-hydrogen) atoms. The number of hydrogen-bond donors (Lipinski definition) is 1. The number of rotatable bonds is 7. The summed E-state index contributed by atoms with van der Waals surface area (Å²) >= 11 is 0. The average molecular weight is 479 g/mol. The minimum Gasteiger partial charge on any atom is -0.493 e. The van der Waals surface area contributed by atoms with Gasteiger partial charge in [-0.05, 0) is 86.3 Å². The minimum atomic E-state index is 0.280. The Labute approximate surface area is 211 Å². The summed E-state index contributed by atoms with van der Waals surface area (Å²) < 4.78 is 11.3. The number of fused-ring (bicyclic) bond motifs is 4. The highest BCUT2D eigenvalue weighted by molar-refractivity contribution is 5.53. The largest absolute Gasteiger partial charge is 0.493 e. The highest BCUT2D eigenvalue weighted by Crippen LogP contribution is 2.44. The molecule has 2 heterocycles. The van der Waals surface area contributed by atoms with Crippen LogP contribution in [0.5, 0.6) is 11.5 Å². The van der Waals surface area contributed by atoms with Crippen LogP contribution in [0, 0.1) is 12.8 Å². The van der Waals surface area contributed by atoms with Crippen molar-refractivity contribution in [1.29, 1.82) is 0 Å². The molecule has 2 aromatic rings. The van der Waals surface area contributed by atoms with Gasteiger partial charge in [0.2, 0.25) is 6.41 Å². The molecular formula is C30H42N2O3. The average Bonchev–Trinajstić information content (AvgIpc) is 2.81. The second-order valence-corrected chi connectivity index (χ2v) is 10.6. The van der Waals surface area contributed by atoms with Crippen LogP contribution in [0.3, 0.4) is 0 Å². The van der Waals surface area contributed by atoms with Crippen molar-refractivity contribution in [1.82, 2.24) is 10.2 Å². The van der Waals surface area contributed by atoms with Crippen molar-refractivity contribution in [2.45, 2.75) is 84.3 Å². The van der Waals surface area contributed by atoms with Gasteiger partial charge in [-0.1, -0.05) is 37.5 Å². The first-order chi connectivity index (χ1) is 16.9. The number of amides is 1. The van der Waals surface area contributed by atoms with Crippen LogP contribution in [-0.2, 0) is 30.6 Å². The van der Waals surface area contributed by atoms with Gasteiger partial charge in [0.25, 0.3) is 0 Å². The van der Waals surface area contributed by atoms with E-state index in [4.69, 9.17) is 9.47 Å². The zero-order chi connectivity index (χ0) is 24.9. The molecule has 2 aromatic carbocycles. The first kappa shape index (κ1) is 25.6. The van der Waals surface area contributed by atoms with Crippen LogP contribution in [0.15, 0.2) is 24.3 Å². The Bertz CT molecular complexity index is 1030. The number of benzene rings is 2. The van der Waals surface area contributed by atoms with Crippen molar-refractivity contribution >= 4 is 6.41 Å². The molecule has 5 rings (SSSR count). The maximum atomic E-state index is 9.50. The van der Waals surface area contributed by atoms with Crippen LogP contribution >= 0.6 is 0 Å². The highest BCUT2D eigenvalue weighted by Gasteiger charge is 2.34. The number of nitrogens with zero attached hydrogens (tertiary/aromatic N) is 1. The number of carbonyl (C=O) groups is 1. The molecule has 0 aromatic heterocycles. The summed E-state index contributed by atoms with van der Waals surface area (Å²) in [5.41, 5.74) is 8.94. The van der Waals surface area contributed by atoms with E-state index in [0.717, 1.165) is 43.3 Å². The zero-order valence-corrected chi connectivity index (χ0v) is 22.2. The summed E-state index contributed by atoms with van der Waals surface area (Å²) in [6.07, 6.45) is 9.87. The van der Waals surface area contributed by atoms with Gasteiger partial charge < -0.3 is 14.8 Å². The summed E-state index contributed by atoms with van der Waals surface area (Å²) in [4.78, 5) is 12.2. The summed E-state index contributed by atoms with van der Waals surface area (Å²) in [7, 11) is 3.48. The monoisotopic (exact) mass is 478 g/mol. The fourth-order valence-electron chi connectivity index (χ4n) is 5.76. The molecule has 0 radical (unpaired) electrons. The maximum Gasteiger partial charge on any atom is 0.207 e. The summed E-state index contributed by atoms with van der Waals surface area (Å²) in [6.45, 7) is 8.21. The molecule has 2 aliphatic heterocycles. The fraction of sp³-hybridized carbons (Fsp3) is 0.567. The first-order valence-electron chi connectivity index (χ1n) is 13.2.